The van der Waals surface area contributed by atoms with Crippen molar-refractivity contribution >= 4 is 11.5 Å². The van der Waals surface area contributed by atoms with E-state index in [2.05, 4.69) is 59.2 Å². The molecule has 1 heterocycles. The van der Waals surface area contributed by atoms with Crippen LogP contribution in [-0.2, 0) is 6.42 Å². The highest BCUT2D eigenvalue weighted by atomic mass is 16.1. The zero-order chi connectivity index (χ0) is 17.6. The molecule has 25 heavy (non-hydrogen) atoms. The summed E-state index contributed by atoms with van der Waals surface area (Å²) in [6.07, 6.45) is 2.35. The standard InChI is InChI=1S/C22H28N2O/c1-18(8-9-20-6-4-3-5-7-20)23-14-16-24(17-15-23)22-12-10-21(11-13-22)19(2)25/h3-7,10-13,18H,8-9,14-17H2,1-2H3. The van der Waals surface area contributed by atoms with Gasteiger partial charge in [0, 0.05) is 43.5 Å². The second-order valence-corrected chi connectivity index (χ2v) is 7.00. The molecule has 3 heteroatoms. The third-order valence-electron chi connectivity index (χ3n) is 5.27. The van der Waals surface area contributed by atoms with E-state index in [0.717, 1.165) is 38.2 Å². The number of rotatable bonds is 6. The van der Waals surface area contributed by atoms with E-state index in [9.17, 15) is 4.79 Å². The molecule has 0 aliphatic carbocycles. The van der Waals surface area contributed by atoms with Crippen molar-refractivity contribution in [3.63, 3.8) is 0 Å². The van der Waals surface area contributed by atoms with Gasteiger partial charge in [-0.05, 0) is 56.5 Å². The molecule has 3 nitrogen and oxygen atoms in total. The van der Waals surface area contributed by atoms with Crippen molar-refractivity contribution in [2.24, 2.45) is 0 Å². The largest absolute Gasteiger partial charge is 0.369 e. The Labute approximate surface area is 151 Å². The van der Waals surface area contributed by atoms with Crippen LogP contribution in [0.2, 0.25) is 0 Å². The highest BCUT2D eigenvalue weighted by Gasteiger charge is 2.21. The summed E-state index contributed by atoms with van der Waals surface area (Å²) in [6.45, 7) is 8.27. The predicted molar refractivity (Wildman–Crippen MR) is 104 cm³/mol. The predicted octanol–water partition coefficient (Wildman–Crippen LogP) is 4.03. The minimum Gasteiger partial charge on any atom is -0.369 e. The van der Waals surface area contributed by atoms with Crippen LogP contribution in [-0.4, -0.2) is 42.9 Å². The van der Waals surface area contributed by atoms with Gasteiger partial charge in [0.1, 0.15) is 0 Å². The maximum Gasteiger partial charge on any atom is 0.159 e. The van der Waals surface area contributed by atoms with Gasteiger partial charge in [-0.15, -0.1) is 0 Å². The normalized spacial score (nSPS) is 16.6. The summed E-state index contributed by atoms with van der Waals surface area (Å²) in [5.41, 5.74) is 3.44. The quantitative estimate of drug-likeness (QED) is 0.744. The van der Waals surface area contributed by atoms with Crippen LogP contribution in [0.1, 0.15) is 36.2 Å². The Bertz CT molecular complexity index is 673. The molecule has 3 rings (SSSR count). The Morgan fingerprint density at radius 3 is 2.20 bits per heavy atom. The van der Waals surface area contributed by atoms with Crippen molar-refractivity contribution in [3.8, 4) is 0 Å². The molecule has 0 saturated carbocycles. The highest BCUT2D eigenvalue weighted by molar-refractivity contribution is 5.94. The number of hydrogen-bond acceptors (Lipinski definition) is 3. The molecule has 0 spiro atoms. The first-order chi connectivity index (χ1) is 12.1. The molecule has 2 aromatic carbocycles. The van der Waals surface area contributed by atoms with Crippen molar-refractivity contribution in [2.45, 2.75) is 32.7 Å². The third-order valence-corrected chi connectivity index (χ3v) is 5.27. The van der Waals surface area contributed by atoms with Gasteiger partial charge < -0.3 is 4.90 Å². The first-order valence-electron chi connectivity index (χ1n) is 9.27. The van der Waals surface area contributed by atoms with Crippen LogP contribution in [0.5, 0.6) is 0 Å². The molecule has 0 aromatic heterocycles. The molecule has 1 fully saturated rings. The van der Waals surface area contributed by atoms with Crippen molar-refractivity contribution in [1.29, 1.82) is 0 Å². The molecular weight excluding hydrogens is 308 g/mol. The van der Waals surface area contributed by atoms with E-state index in [4.69, 9.17) is 0 Å². The van der Waals surface area contributed by atoms with Crippen LogP contribution in [0.4, 0.5) is 5.69 Å². The molecule has 1 unspecified atom stereocenters. The van der Waals surface area contributed by atoms with E-state index < -0.39 is 0 Å². The van der Waals surface area contributed by atoms with E-state index >= 15 is 0 Å². The van der Waals surface area contributed by atoms with Crippen molar-refractivity contribution in [3.05, 3.63) is 65.7 Å². The number of hydrogen-bond donors (Lipinski definition) is 0. The fourth-order valence-electron chi connectivity index (χ4n) is 3.53. The van der Waals surface area contributed by atoms with Gasteiger partial charge in [-0.2, -0.15) is 0 Å². The van der Waals surface area contributed by atoms with E-state index in [1.165, 1.54) is 17.7 Å². The number of benzene rings is 2. The van der Waals surface area contributed by atoms with Crippen molar-refractivity contribution < 1.29 is 4.79 Å². The first kappa shape index (κ1) is 17.7. The number of nitrogens with zero attached hydrogens (tertiary/aromatic N) is 2. The van der Waals surface area contributed by atoms with Gasteiger partial charge in [-0.3, -0.25) is 9.69 Å². The first-order valence-corrected chi connectivity index (χ1v) is 9.27. The molecule has 1 aliphatic heterocycles. The Kier molecular flexibility index (Phi) is 5.87. The summed E-state index contributed by atoms with van der Waals surface area (Å²) in [6, 6.07) is 19.4. The second-order valence-electron chi connectivity index (χ2n) is 7.00. The number of anilines is 1. The lowest BCUT2D eigenvalue weighted by Crippen LogP contribution is -2.49. The fraction of sp³-hybridized carbons (Fsp3) is 0.409. The molecule has 2 aromatic rings. The average Bonchev–Trinajstić information content (AvgIpc) is 2.67. The van der Waals surface area contributed by atoms with Gasteiger partial charge >= 0.3 is 0 Å². The van der Waals surface area contributed by atoms with E-state index in [1.807, 2.05) is 12.1 Å². The average molecular weight is 336 g/mol. The van der Waals surface area contributed by atoms with Crippen LogP contribution in [0.3, 0.4) is 0 Å². The summed E-state index contributed by atoms with van der Waals surface area (Å²) in [5.74, 6) is 0.128. The van der Waals surface area contributed by atoms with Gasteiger partial charge in [0.05, 0.1) is 0 Å². The van der Waals surface area contributed by atoms with Crippen LogP contribution in [0, 0.1) is 0 Å². The van der Waals surface area contributed by atoms with Crippen LogP contribution in [0.25, 0.3) is 0 Å². The zero-order valence-electron chi connectivity index (χ0n) is 15.3. The SMILES string of the molecule is CC(=O)c1ccc(N2CCN(C(C)CCc3ccccc3)CC2)cc1. The number of piperazine rings is 1. The minimum absolute atomic E-state index is 0.128. The second kappa shape index (κ2) is 8.30. The lowest BCUT2D eigenvalue weighted by molar-refractivity contribution is 0.101. The van der Waals surface area contributed by atoms with Gasteiger partial charge in [0.15, 0.2) is 5.78 Å². The lowest BCUT2D eigenvalue weighted by atomic mass is 10.0. The number of Topliss-reactive ketones (excluding diaryl/α,β-unsaturated/α-hetero) is 1. The van der Waals surface area contributed by atoms with Crippen molar-refractivity contribution in [2.75, 3.05) is 31.1 Å². The molecule has 1 saturated heterocycles. The van der Waals surface area contributed by atoms with Gasteiger partial charge in [-0.1, -0.05) is 30.3 Å². The lowest BCUT2D eigenvalue weighted by Gasteiger charge is -2.39. The van der Waals surface area contributed by atoms with E-state index in [1.54, 1.807) is 6.92 Å². The topological polar surface area (TPSA) is 23.6 Å². The zero-order valence-corrected chi connectivity index (χ0v) is 15.3. The molecule has 1 atom stereocenters. The summed E-state index contributed by atoms with van der Waals surface area (Å²) in [5, 5.41) is 0. The summed E-state index contributed by atoms with van der Waals surface area (Å²) in [4.78, 5) is 16.4. The van der Waals surface area contributed by atoms with Crippen LogP contribution >= 0.6 is 0 Å². The maximum atomic E-state index is 11.4. The fourth-order valence-corrected chi connectivity index (χ4v) is 3.53. The molecule has 1 aliphatic rings. The Hall–Kier alpha value is -2.13. The highest BCUT2D eigenvalue weighted by Crippen LogP contribution is 2.19. The third kappa shape index (κ3) is 4.70. The van der Waals surface area contributed by atoms with Crippen molar-refractivity contribution in [1.82, 2.24) is 4.90 Å². The Balaban J connectivity index is 1.48. The molecule has 0 N–H and O–H groups in total. The number of carbonyl (C=O) groups excluding carboxylic acids is 1. The summed E-state index contributed by atoms with van der Waals surface area (Å²) in [7, 11) is 0. The summed E-state index contributed by atoms with van der Waals surface area (Å²) < 4.78 is 0. The van der Waals surface area contributed by atoms with Crippen LogP contribution < -0.4 is 4.90 Å². The van der Waals surface area contributed by atoms with Gasteiger partial charge in [0.2, 0.25) is 0 Å². The van der Waals surface area contributed by atoms with E-state index in [-0.39, 0.29) is 5.78 Å². The Morgan fingerprint density at radius 1 is 0.960 bits per heavy atom. The number of ketones is 1. The Morgan fingerprint density at radius 2 is 1.60 bits per heavy atom. The molecule has 0 bridgehead atoms. The van der Waals surface area contributed by atoms with E-state index in [0.29, 0.717) is 6.04 Å². The minimum atomic E-state index is 0.128. The maximum absolute atomic E-state index is 11.4. The van der Waals surface area contributed by atoms with Crippen LogP contribution in [0.15, 0.2) is 54.6 Å². The smallest absolute Gasteiger partial charge is 0.159 e. The molecule has 0 radical (unpaired) electrons. The molecular formula is C22H28N2O. The molecule has 0 amide bonds. The monoisotopic (exact) mass is 336 g/mol. The molecule has 132 valence electrons. The van der Waals surface area contributed by atoms with Gasteiger partial charge in [-0.25, -0.2) is 0 Å². The summed E-state index contributed by atoms with van der Waals surface area (Å²) >= 11 is 0. The number of carbonyl (C=O) groups is 1. The van der Waals surface area contributed by atoms with Gasteiger partial charge in [0.25, 0.3) is 0 Å². The number of aryl methyl sites for hydroxylation is 1.